The summed E-state index contributed by atoms with van der Waals surface area (Å²) >= 11 is 12.1. The van der Waals surface area contributed by atoms with E-state index in [1.165, 1.54) is 5.56 Å². The summed E-state index contributed by atoms with van der Waals surface area (Å²) in [6.45, 7) is 2.60. The minimum Gasteiger partial charge on any atom is -0.329 e. The molecule has 0 saturated carbocycles. The van der Waals surface area contributed by atoms with Crippen LogP contribution in [0.1, 0.15) is 30.1 Å². The van der Waals surface area contributed by atoms with Crippen molar-refractivity contribution in [1.82, 2.24) is 5.32 Å². The largest absolute Gasteiger partial charge is 0.329 e. The zero-order valence-corrected chi connectivity index (χ0v) is 12.8. The van der Waals surface area contributed by atoms with Gasteiger partial charge in [0.15, 0.2) is 0 Å². The Morgan fingerprint density at radius 3 is 2.15 bits per heavy atom. The number of nitrogens with two attached hydrogens (primary N) is 1. The maximum absolute atomic E-state index is 6.05. The van der Waals surface area contributed by atoms with E-state index in [1.54, 1.807) is 6.07 Å². The van der Waals surface area contributed by atoms with Crippen molar-refractivity contribution < 1.29 is 0 Å². The Kier molecular flexibility index (Phi) is 5.44. The van der Waals surface area contributed by atoms with E-state index in [0.29, 0.717) is 16.6 Å². The first kappa shape index (κ1) is 15.3. The fraction of sp³-hybridized carbons (Fsp3) is 0.250. The van der Waals surface area contributed by atoms with Crippen LogP contribution >= 0.6 is 23.2 Å². The van der Waals surface area contributed by atoms with Gasteiger partial charge in [-0.15, -0.1) is 0 Å². The number of hydrogen-bond donors (Lipinski definition) is 2. The zero-order valence-electron chi connectivity index (χ0n) is 11.3. The van der Waals surface area contributed by atoms with Crippen molar-refractivity contribution in [2.45, 2.75) is 19.0 Å². The van der Waals surface area contributed by atoms with Crippen molar-refractivity contribution in [2.24, 2.45) is 5.73 Å². The second-order valence-corrected chi connectivity index (χ2v) is 5.66. The molecule has 4 heteroatoms. The number of hydrogen-bond acceptors (Lipinski definition) is 2. The van der Waals surface area contributed by atoms with Crippen molar-refractivity contribution in [3.63, 3.8) is 0 Å². The molecule has 2 nitrogen and oxygen atoms in total. The quantitative estimate of drug-likeness (QED) is 0.862. The van der Waals surface area contributed by atoms with Crippen LogP contribution in [-0.2, 0) is 0 Å². The highest BCUT2D eigenvalue weighted by Crippen LogP contribution is 2.25. The first-order chi connectivity index (χ1) is 9.60. The number of halogens is 2. The topological polar surface area (TPSA) is 38.0 Å². The molecule has 2 aromatic rings. The average molecular weight is 309 g/mol. The fourth-order valence-corrected chi connectivity index (χ4v) is 2.76. The van der Waals surface area contributed by atoms with Crippen LogP contribution in [0.4, 0.5) is 0 Å². The third-order valence-corrected chi connectivity index (χ3v) is 3.71. The predicted molar refractivity (Wildman–Crippen MR) is 86.3 cm³/mol. The third kappa shape index (κ3) is 3.97. The van der Waals surface area contributed by atoms with Crippen LogP contribution < -0.4 is 11.1 Å². The normalized spacial score (nSPS) is 14.0. The summed E-state index contributed by atoms with van der Waals surface area (Å²) in [4.78, 5) is 0. The molecular weight excluding hydrogens is 291 g/mol. The first-order valence-electron chi connectivity index (χ1n) is 6.57. The highest BCUT2D eigenvalue weighted by atomic mass is 35.5. The fourth-order valence-electron chi connectivity index (χ4n) is 2.22. The molecule has 2 unspecified atom stereocenters. The summed E-state index contributed by atoms with van der Waals surface area (Å²) < 4.78 is 0. The van der Waals surface area contributed by atoms with Gasteiger partial charge in [0.1, 0.15) is 0 Å². The molecule has 106 valence electrons. The van der Waals surface area contributed by atoms with Gasteiger partial charge < -0.3 is 11.1 Å². The molecule has 0 aliphatic heterocycles. The van der Waals surface area contributed by atoms with Gasteiger partial charge in [-0.2, -0.15) is 0 Å². The van der Waals surface area contributed by atoms with Gasteiger partial charge in [0.05, 0.1) is 0 Å². The summed E-state index contributed by atoms with van der Waals surface area (Å²) in [5.41, 5.74) is 8.11. The Hall–Kier alpha value is -1.06. The Bertz CT molecular complexity index is 537. The van der Waals surface area contributed by atoms with E-state index < -0.39 is 0 Å². The molecule has 0 heterocycles. The van der Waals surface area contributed by atoms with Crippen LogP contribution in [0.3, 0.4) is 0 Å². The second-order valence-electron chi connectivity index (χ2n) is 4.79. The van der Waals surface area contributed by atoms with Crippen LogP contribution in [0.2, 0.25) is 10.0 Å². The molecule has 3 N–H and O–H groups in total. The SMILES string of the molecule is CC(NC(CN)c1cc(Cl)cc(Cl)c1)c1ccccc1. The molecule has 2 aromatic carbocycles. The summed E-state index contributed by atoms with van der Waals surface area (Å²) in [5.74, 6) is 0. The van der Waals surface area contributed by atoms with Crippen LogP contribution in [0.25, 0.3) is 0 Å². The third-order valence-electron chi connectivity index (χ3n) is 3.27. The van der Waals surface area contributed by atoms with Crippen molar-refractivity contribution in [2.75, 3.05) is 6.54 Å². The van der Waals surface area contributed by atoms with Crippen LogP contribution in [0, 0.1) is 0 Å². The maximum Gasteiger partial charge on any atom is 0.0450 e. The Labute approximate surface area is 129 Å². The monoisotopic (exact) mass is 308 g/mol. The number of benzene rings is 2. The van der Waals surface area contributed by atoms with E-state index in [9.17, 15) is 0 Å². The lowest BCUT2D eigenvalue weighted by molar-refractivity contribution is 0.473. The first-order valence-corrected chi connectivity index (χ1v) is 7.33. The van der Waals surface area contributed by atoms with Gasteiger partial charge in [-0.05, 0) is 36.2 Å². The van der Waals surface area contributed by atoms with E-state index in [-0.39, 0.29) is 12.1 Å². The van der Waals surface area contributed by atoms with Crippen molar-refractivity contribution in [3.8, 4) is 0 Å². The van der Waals surface area contributed by atoms with Gasteiger partial charge in [-0.1, -0.05) is 53.5 Å². The van der Waals surface area contributed by atoms with Gasteiger partial charge in [0, 0.05) is 28.7 Å². The van der Waals surface area contributed by atoms with Gasteiger partial charge in [-0.3, -0.25) is 0 Å². The average Bonchev–Trinajstić information content (AvgIpc) is 2.44. The van der Waals surface area contributed by atoms with Crippen LogP contribution in [0.5, 0.6) is 0 Å². The number of rotatable bonds is 5. The summed E-state index contributed by atoms with van der Waals surface area (Å²) in [6, 6.07) is 16.0. The smallest absolute Gasteiger partial charge is 0.0450 e. The van der Waals surface area contributed by atoms with Crippen molar-refractivity contribution in [3.05, 3.63) is 69.7 Å². The predicted octanol–water partition coefficient (Wildman–Crippen LogP) is 4.34. The lowest BCUT2D eigenvalue weighted by atomic mass is 10.0. The van der Waals surface area contributed by atoms with Crippen molar-refractivity contribution in [1.29, 1.82) is 0 Å². The molecule has 0 fully saturated rings. The molecule has 0 amide bonds. The lowest BCUT2D eigenvalue weighted by Gasteiger charge is -2.23. The molecule has 0 aliphatic rings. The summed E-state index contributed by atoms with van der Waals surface area (Å²) in [7, 11) is 0. The minimum atomic E-state index is 0.0152. The van der Waals surface area contributed by atoms with Gasteiger partial charge in [-0.25, -0.2) is 0 Å². The van der Waals surface area contributed by atoms with E-state index in [4.69, 9.17) is 28.9 Å². The zero-order chi connectivity index (χ0) is 14.5. The summed E-state index contributed by atoms with van der Waals surface area (Å²) in [6.07, 6.45) is 0. The Morgan fingerprint density at radius 2 is 1.60 bits per heavy atom. The van der Waals surface area contributed by atoms with E-state index in [1.807, 2.05) is 30.3 Å². The molecule has 0 radical (unpaired) electrons. The van der Waals surface area contributed by atoms with E-state index in [2.05, 4.69) is 24.4 Å². The molecule has 0 bridgehead atoms. The van der Waals surface area contributed by atoms with Gasteiger partial charge in [0.2, 0.25) is 0 Å². The maximum atomic E-state index is 6.05. The molecule has 0 aromatic heterocycles. The van der Waals surface area contributed by atoms with Crippen LogP contribution in [-0.4, -0.2) is 6.54 Å². The molecule has 2 atom stereocenters. The molecule has 0 spiro atoms. The van der Waals surface area contributed by atoms with Gasteiger partial charge >= 0.3 is 0 Å². The lowest BCUT2D eigenvalue weighted by Crippen LogP contribution is -2.30. The second kappa shape index (κ2) is 7.09. The highest BCUT2D eigenvalue weighted by molar-refractivity contribution is 6.34. The molecule has 0 aliphatic carbocycles. The highest BCUT2D eigenvalue weighted by Gasteiger charge is 2.15. The molecule has 2 rings (SSSR count). The van der Waals surface area contributed by atoms with E-state index in [0.717, 1.165) is 5.56 Å². The number of nitrogens with one attached hydrogen (secondary N) is 1. The molecule has 0 saturated heterocycles. The Morgan fingerprint density at radius 1 is 1.00 bits per heavy atom. The summed E-state index contributed by atoms with van der Waals surface area (Å²) in [5, 5.41) is 4.76. The minimum absolute atomic E-state index is 0.0152. The standard InChI is InChI=1S/C16H18Cl2N2/c1-11(12-5-3-2-4-6-12)20-16(10-19)13-7-14(17)9-15(18)8-13/h2-9,11,16,20H,10,19H2,1H3. The Balaban J connectivity index is 2.16. The molecule has 20 heavy (non-hydrogen) atoms. The van der Waals surface area contributed by atoms with E-state index >= 15 is 0 Å². The molecular formula is C16H18Cl2N2. The van der Waals surface area contributed by atoms with Gasteiger partial charge in [0.25, 0.3) is 0 Å². The van der Waals surface area contributed by atoms with Crippen molar-refractivity contribution >= 4 is 23.2 Å². The van der Waals surface area contributed by atoms with Crippen LogP contribution in [0.15, 0.2) is 48.5 Å².